The van der Waals surface area contributed by atoms with Crippen LogP contribution in [0.15, 0.2) is 30.6 Å². The second kappa shape index (κ2) is 7.06. The summed E-state index contributed by atoms with van der Waals surface area (Å²) in [6.07, 6.45) is 6.55. The second-order valence-corrected chi connectivity index (χ2v) is 6.83. The van der Waals surface area contributed by atoms with Crippen LogP contribution in [-0.2, 0) is 11.2 Å². The zero-order chi connectivity index (χ0) is 17.1. The van der Waals surface area contributed by atoms with Gasteiger partial charge in [0.15, 0.2) is 5.82 Å². The van der Waals surface area contributed by atoms with E-state index >= 15 is 0 Å². The third-order valence-corrected chi connectivity index (χ3v) is 5.20. The number of rotatable bonds is 3. The Morgan fingerprint density at radius 1 is 1.20 bits per heavy atom. The van der Waals surface area contributed by atoms with Crippen molar-refractivity contribution in [3.05, 3.63) is 36.3 Å². The number of pyridine rings is 1. The maximum atomic E-state index is 6.10. The van der Waals surface area contributed by atoms with Crippen LogP contribution in [0.2, 0.25) is 0 Å². The molecule has 2 aromatic rings. The number of nitrogens with one attached hydrogen (secondary N) is 1. The first kappa shape index (κ1) is 16.4. The fourth-order valence-corrected chi connectivity index (χ4v) is 3.63. The van der Waals surface area contributed by atoms with E-state index in [-0.39, 0.29) is 5.60 Å². The van der Waals surface area contributed by atoms with Crippen LogP contribution in [0.25, 0.3) is 11.4 Å². The van der Waals surface area contributed by atoms with E-state index in [1.807, 2.05) is 12.1 Å². The Labute approximate surface area is 148 Å². The number of morpholine rings is 1. The van der Waals surface area contributed by atoms with Crippen molar-refractivity contribution in [2.75, 3.05) is 37.7 Å². The van der Waals surface area contributed by atoms with E-state index in [1.165, 1.54) is 0 Å². The molecule has 0 saturated carbocycles. The number of nitrogens with zero attached hydrogens (tertiary/aromatic N) is 4. The van der Waals surface area contributed by atoms with Crippen molar-refractivity contribution in [2.45, 2.75) is 31.8 Å². The van der Waals surface area contributed by atoms with Gasteiger partial charge in [-0.1, -0.05) is 6.92 Å². The van der Waals surface area contributed by atoms with Gasteiger partial charge in [-0.3, -0.25) is 4.98 Å². The first-order valence-corrected chi connectivity index (χ1v) is 9.16. The van der Waals surface area contributed by atoms with Crippen LogP contribution in [0.1, 0.15) is 25.5 Å². The molecule has 4 heterocycles. The molecular formula is C19H25N5O. The summed E-state index contributed by atoms with van der Waals surface area (Å²) in [7, 11) is 0. The number of anilines is 1. The van der Waals surface area contributed by atoms with Crippen LogP contribution in [-0.4, -0.2) is 53.3 Å². The lowest BCUT2D eigenvalue weighted by Gasteiger charge is -2.44. The first-order chi connectivity index (χ1) is 12.3. The monoisotopic (exact) mass is 339 g/mol. The van der Waals surface area contributed by atoms with E-state index in [4.69, 9.17) is 14.7 Å². The highest BCUT2D eigenvalue weighted by molar-refractivity contribution is 5.57. The molecule has 0 radical (unpaired) electrons. The van der Waals surface area contributed by atoms with Gasteiger partial charge in [0.2, 0.25) is 0 Å². The second-order valence-electron chi connectivity index (χ2n) is 6.83. The number of hydrogen-bond acceptors (Lipinski definition) is 6. The van der Waals surface area contributed by atoms with Crippen LogP contribution in [0.3, 0.4) is 0 Å². The van der Waals surface area contributed by atoms with E-state index in [1.54, 1.807) is 12.4 Å². The van der Waals surface area contributed by atoms with Gasteiger partial charge in [-0.15, -0.1) is 0 Å². The van der Waals surface area contributed by atoms with Crippen LogP contribution in [0.5, 0.6) is 0 Å². The predicted molar refractivity (Wildman–Crippen MR) is 97.6 cm³/mol. The maximum Gasteiger partial charge on any atom is 0.161 e. The molecular weight excluding hydrogens is 314 g/mol. The maximum absolute atomic E-state index is 6.10. The van der Waals surface area contributed by atoms with Crippen molar-refractivity contribution in [3.8, 4) is 11.4 Å². The average molecular weight is 339 g/mol. The van der Waals surface area contributed by atoms with Crippen molar-refractivity contribution in [1.29, 1.82) is 0 Å². The molecule has 2 aliphatic rings. The third kappa shape index (κ3) is 3.50. The quantitative estimate of drug-likeness (QED) is 0.923. The summed E-state index contributed by atoms with van der Waals surface area (Å²) >= 11 is 0. The molecule has 2 aliphatic heterocycles. The Morgan fingerprint density at radius 2 is 2.00 bits per heavy atom. The van der Waals surface area contributed by atoms with Gasteiger partial charge in [-0.2, -0.15) is 0 Å². The lowest BCUT2D eigenvalue weighted by atomic mass is 9.90. The minimum absolute atomic E-state index is 0.0172. The Kier molecular flexibility index (Phi) is 4.63. The van der Waals surface area contributed by atoms with Crippen LogP contribution < -0.4 is 10.2 Å². The molecule has 1 N–H and O–H groups in total. The van der Waals surface area contributed by atoms with E-state index in [0.717, 1.165) is 74.9 Å². The predicted octanol–water partition coefficient (Wildman–Crippen LogP) is 2.06. The lowest BCUT2D eigenvalue weighted by molar-refractivity contribution is -0.0800. The van der Waals surface area contributed by atoms with E-state index in [0.29, 0.717) is 0 Å². The summed E-state index contributed by atoms with van der Waals surface area (Å²) in [6.45, 7) is 6.82. The molecule has 2 saturated heterocycles. The zero-order valence-corrected chi connectivity index (χ0v) is 14.7. The summed E-state index contributed by atoms with van der Waals surface area (Å²) in [5.41, 5.74) is 2.11. The molecule has 4 rings (SSSR count). The Hall–Kier alpha value is -2.05. The van der Waals surface area contributed by atoms with Gasteiger partial charge < -0.3 is 15.0 Å². The molecule has 6 nitrogen and oxygen atoms in total. The minimum atomic E-state index is 0.0172. The van der Waals surface area contributed by atoms with Crippen molar-refractivity contribution >= 4 is 5.82 Å². The van der Waals surface area contributed by atoms with Gasteiger partial charge in [0.05, 0.1) is 12.2 Å². The lowest BCUT2D eigenvalue weighted by Crippen LogP contribution is -2.55. The van der Waals surface area contributed by atoms with Crippen molar-refractivity contribution in [3.63, 3.8) is 0 Å². The minimum Gasteiger partial charge on any atom is -0.372 e. The molecule has 1 spiro atoms. The van der Waals surface area contributed by atoms with Crippen molar-refractivity contribution < 1.29 is 4.74 Å². The number of aromatic nitrogens is 3. The first-order valence-electron chi connectivity index (χ1n) is 9.16. The Morgan fingerprint density at radius 3 is 2.68 bits per heavy atom. The van der Waals surface area contributed by atoms with Gasteiger partial charge in [-0.05, 0) is 31.4 Å². The van der Waals surface area contributed by atoms with E-state index in [9.17, 15) is 0 Å². The molecule has 2 aromatic heterocycles. The molecule has 0 unspecified atom stereocenters. The molecule has 0 aromatic carbocycles. The van der Waals surface area contributed by atoms with Gasteiger partial charge in [0.25, 0.3) is 0 Å². The molecule has 0 amide bonds. The smallest absolute Gasteiger partial charge is 0.161 e. The van der Waals surface area contributed by atoms with Crippen LogP contribution in [0, 0.1) is 0 Å². The van der Waals surface area contributed by atoms with Gasteiger partial charge >= 0.3 is 0 Å². The molecule has 2 fully saturated rings. The summed E-state index contributed by atoms with van der Waals surface area (Å²) in [5.74, 6) is 1.81. The number of aryl methyl sites for hydroxylation is 1. The topological polar surface area (TPSA) is 63.2 Å². The molecule has 6 heteroatoms. The summed E-state index contributed by atoms with van der Waals surface area (Å²) in [5, 5.41) is 3.47. The molecule has 0 bridgehead atoms. The highest BCUT2D eigenvalue weighted by Gasteiger charge is 2.37. The number of hydrogen-bond donors (Lipinski definition) is 1. The normalized spacial score (nSPS) is 20.0. The highest BCUT2D eigenvalue weighted by atomic mass is 16.5. The Bertz CT molecular complexity index is 705. The summed E-state index contributed by atoms with van der Waals surface area (Å²) in [4.78, 5) is 16.0. The summed E-state index contributed by atoms with van der Waals surface area (Å²) in [6, 6.07) is 6.05. The van der Waals surface area contributed by atoms with E-state index < -0.39 is 0 Å². The fourth-order valence-electron chi connectivity index (χ4n) is 3.63. The van der Waals surface area contributed by atoms with Gasteiger partial charge in [-0.25, -0.2) is 9.97 Å². The summed E-state index contributed by atoms with van der Waals surface area (Å²) < 4.78 is 6.10. The molecule has 0 atom stereocenters. The SMILES string of the molecule is CCc1cc(N2CCC3(CC2)CNCCO3)nc(-c2ccncc2)n1. The zero-order valence-electron chi connectivity index (χ0n) is 14.7. The standard InChI is InChI=1S/C19H25N5O/c1-2-16-13-17(23-18(22-16)15-3-7-20-8-4-15)24-10-5-19(6-11-24)14-21-9-12-25-19/h3-4,7-8,13,21H,2,5-6,9-12,14H2,1H3. The van der Waals surface area contributed by atoms with Gasteiger partial charge in [0, 0.05) is 55.9 Å². The highest BCUT2D eigenvalue weighted by Crippen LogP contribution is 2.30. The van der Waals surface area contributed by atoms with Crippen molar-refractivity contribution in [2.24, 2.45) is 0 Å². The number of ether oxygens (including phenoxy) is 1. The molecule has 132 valence electrons. The fraction of sp³-hybridized carbons (Fsp3) is 0.526. The largest absolute Gasteiger partial charge is 0.372 e. The Balaban J connectivity index is 1.56. The van der Waals surface area contributed by atoms with Crippen molar-refractivity contribution in [1.82, 2.24) is 20.3 Å². The van der Waals surface area contributed by atoms with E-state index in [2.05, 4.69) is 28.2 Å². The van der Waals surface area contributed by atoms with Gasteiger partial charge in [0.1, 0.15) is 5.82 Å². The molecule has 0 aliphatic carbocycles. The van der Waals surface area contributed by atoms with Crippen LogP contribution in [0.4, 0.5) is 5.82 Å². The molecule has 25 heavy (non-hydrogen) atoms. The average Bonchev–Trinajstić information content (AvgIpc) is 2.69. The number of piperidine rings is 1. The third-order valence-electron chi connectivity index (χ3n) is 5.20. The van der Waals surface area contributed by atoms with Crippen LogP contribution >= 0.6 is 0 Å².